The molecule has 1 aromatic carbocycles. The lowest BCUT2D eigenvalue weighted by molar-refractivity contribution is 0.0939. The Morgan fingerprint density at radius 3 is 2.53 bits per heavy atom. The Morgan fingerprint density at radius 1 is 1.23 bits per heavy atom. The summed E-state index contributed by atoms with van der Waals surface area (Å²) < 4.78 is 28.0. The van der Waals surface area contributed by atoms with Crippen LogP contribution < -0.4 is 20.3 Å². The average molecular weight is 432 g/mol. The van der Waals surface area contributed by atoms with Gasteiger partial charge in [-0.1, -0.05) is 24.6 Å². The first-order chi connectivity index (χ1) is 14.3. The Labute approximate surface area is 178 Å². The number of carbonyl (C=O) groups excluding carboxylic acids is 1. The number of piperazine rings is 1. The number of anilines is 2. The lowest BCUT2D eigenvalue weighted by Crippen LogP contribution is -2.45. The zero-order chi connectivity index (χ0) is 21.7. The SMILES string of the molecule is CC[C@H](C)NC(=O)c1cc(NS(=O)(=O)c2ccc(C)cc2)cnc1N1CCNCC1. The van der Waals surface area contributed by atoms with Crippen LogP contribution in [-0.4, -0.2) is 51.5 Å². The highest BCUT2D eigenvalue weighted by Crippen LogP contribution is 2.24. The van der Waals surface area contributed by atoms with Gasteiger partial charge in [0.25, 0.3) is 15.9 Å². The molecule has 1 atom stereocenters. The predicted octanol–water partition coefficient (Wildman–Crippen LogP) is 2.13. The van der Waals surface area contributed by atoms with E-state index in [1.165, 1.54) is 6.20 Å². The van der Waals surface area contributed by atoms with Crippen molar-refractivity contribution >= 4 is 27.4 Å². The molecular formula is C21H29N5O3S. The monoisotopic (exact) mass is 431 g/mol. The Kier molecular flexibility index (Phi) is 6.94. The van der Waals surface area contributed by atoms with Gasteiger partial charge in [0, 0.05) is 32.2 Å². The molecule has 1 fully saturated rings. The quantitative estimate of drug-likeness (QED) is 0.621. The average Bonchev–Trinajstić information content (AvgIpc) is 2.74. The summed E-state index contributed by atoms with van der Waals surface area (Å²) in [6.07, 6.45) is 2.25. The second kappa shape index (κ2) is 9.44. The number of rotatable bonds is 7. The lowest BCUT2D eigenvalue weighted by atomic mass is 10.1. The first-order valence-electron chi connectivity index (χ1n) is 10.2. The third kappa shape index (κ3) is 5.28. The van der Waals surface area contributed by atoms with Crippen molar-refractivity contribution in [3.05, 3.63) is 47.7 Å². The molecule has 3 N–H and O–H groups in total. The number of aryl methyl sites for hydroxylation is 1. The van der Waals surface area contributed by atoms with Crippen LogP contribution in [0.4, 0.5) is 11.5 Å². The molecule has 0 aliphatic carbocycles. The number of sulfonamides is 1. The van der Waals surface area contributed by atoms with Crippen molar-refractivity contribution in [1.29, 1.82) is 0 Å². The fourth-order valence-corrected chi connectivity index (χ4v) is 4.18. The van der Waals surface area contributed by atoms with Crippen molar-refractivity contribution in [2.24, 2.45) is 0 Å². The van der Waals surface area contributed by atoms with Crippen molar-refractivity contribution in [2.75, 3.05) is 35.8 Å². The normalized spacial score (nSPS) is 15.5. The molecule has 162 valence electrons. The van der Waals surface area contributed by atoms with Crippen molar-refractivity contribution in [2.45, 2.75) is 38.1 Å². The fraction of sp³-hybridized carbons (Fsp3) is 0.429. The first kappa shape index (κ1) is 22.0. The van der Waals surface area contributed by atoms with Crippen LogP contribution in [0.15, 0.2) is 41.4 Å². The van der Waals surface area contributed by atoms with Gasteiger partial charge in [-0.15, -0.1) is 0 Å². The molecule has 1 aliphatic rings. The summed E-state index contributed by atoms with van der Waals surface area (Å²) in [5.41, 5.74) is 1.59. The van der Waals surface area contributed by atoms with E-state index < -0.39 is 10.0 Å². The van der Waals surface area contributed by atoms with Crippen LogP contribution in [-0.2, 0) is 10.0 Å². The molecule has 1 amide bonds. The number of aromatic nitrogens is 1. The minimum Gasteiger partial charge on any atom is -0.353 e. The molecule has 1 aliphatic heterocycles. The number of hydrogen-bond acceptors (Lipinski definition) is 6. The number of benzene rings is 1. The molecule has 3 rings (SSSR count). The maximum Gasteiger partial charge on any atom is 0.261 e. The largest absolute Gasteiger partial charge is 0.353 e. The highest BCUT2D eigenvalue weighted by Gasteiger charge is 2.23. The highest BCUT2D eigenvalue weighted by molar-refractivity contribution is 7.92. The molecule has 0 unspecified atom stereocenters. The molecule has 0 bridgehead atoms. The molecular weight excluding hydrogens is 402 g/mol. The fourth-order valence-electron chi connectivity index (χ4n) is 3.14. The number of carbonyl (C=O) groups is 1. The summed E-state index contributed by atoms with van der Waals surface area (Å²) in [5, 5.41) is 6.23. The van der Waals surface area contributed by atoms with Gasteiger partial charge in [0.05, 0.1) is 22.3 Å². The minimum absolute atomic E-state index is 0.00118. The van der Waals surface area contributed by atoms with Crippen LogP contribution in [0.3, 0.4) is 0 Å². The molecule has 2 aromatic rings. The third-order valence-electron chi connectivity index (χ3n) is 5.10. The summed E-state index contributed by atoms with van der Waals surface area (Å²) in [6.45, 7) is 8.87. The molecule has 9 heteroatoms. The van der Waals surface area contributed by atoms with Gasteiger partial charge < -0.3 is 15.5 Å². The van der Waals surface area contributed by atoms with Crippen molar-refractivity contribution in [3.63, 3.8) is 0 Å². The highest BCUT2D eigenvalue weighted by atomic mass is 32.2. The Balaban J connectivity index is 1.92. The summed E-state index contributed by atoms with van der Waals surface area (Å²) in [4.78, 5) is 19.6. The van der Waals surface area contributed by atoms with E-state index in [-0.39, 0.29) is 22.5 Å². The van der Waals surface area contributed by atoms with E-state index >= 15 is 0 Å². The number of pyridine rings is 1. The van der Waals surface area contributed by atoms with Gasteiger partial charge in [0.15, 0.2) is 0 Å². The van der Waals surface area contributed by atoms with E-state index in [9.17, 15) is 13.2 Å². The number of amides is 1. The molecule has 0 radical (unpaired) electrons. The van der Waals surface area contributed by atoms with Crippen LogP contribution in [0.2, 0.25) is 0 Å². The van der Waals surface area contributed by atoms with Gasteiger partial charge in [-0.05, 0) is 38.5 Å². The maximum atomic E-state index is 12.9. The van der Waals surface area contributed by atoms with E-state index in [0.29, 0.717) is 11.4 Å². The Bertz CT molecular complexity index is 986. The van der Waals surface area contributed by atoms with Crippen LogP contribution in [0, 0.1) is 6.92 Å². The van der Waals surface area contributed by atoms with Gasteiger partial charge >= 0.3 is 0 Å². The third-order valence-corrected chi connectivity index (χ3v) is 6.50. The summed E-state index contributed by atoms with van der Waals surface area (Å²) in [6, 6.07) is 8.15. The maximum absolute atomic E-state index is 12.9. The number of nitrogens with one attached hydrogen (secondary N) is 3. The van der Waals surface area contributed by atoms with Crippen molar-refractivity contribution < 1.29 is 13.2 Å². The van der Waals surface area contributed by atoms with Crippen LogP contribution in [0.1, 0.15) is 36.2 Å². The van der Waals surface area contributed by atoms with Gasteiger partial charge in [-0.25, -0.2) is 13.4 Å². The molecule has 1 saturated heterocycles. The van der Waals surface area contributed by atoms with Crippen LogP contribution in [0.25, 0.3) is 0 Å². The number of hydrogen-bond donors (Lipinski definition) is 3. The molecule has 0 saturated carbocycles. The van der Waals surface area contributed by atoms with E-state index in [4.69, 9.17) is 0 Å². The predicted molar refractivity (Wildman–Crippen MR) is 119 cm³/mol. The van der Waals surface area contributed by atoms with Gasteiger partial charge in [0.1, 0.15) is 5.82 Å². The lowest BCUT2D eigenvalue weighted by Gasteiger charge is -2.30. The second-order valence-corrected chi connectivity index (χ2v) is 9.22. The molecule has 0 spiro atoms. The minimum atomic E-state index is -3.78. The molecule has 30 heavy (non-hydrogen) atoms. The van der Waals surface area contributed by atoms with Crippen LogP contribution >= 0.6 is 0 Å². The van der Waals surface area contributed by atoms with Crippen molar-refractivity contribution in [1.82, 2.24) is 15.6 Å². The molecule has 2 heterocycles. The number of nitrogens with zero attached hydrogens (tertiary/aromatic N) is 2. The van der Waals surface area contributed by atoms with E-state index in [1.54, 1.807) is 30.3 Å². The van der Waals surface area contributed by atoms with Gasteiger partial charge in [0.2, 0.25) is 0 Å². The summed E-state index contributed by atoms with van der Waals surface area (Å²) in [5.74, 6) is 0.303. The topological polar surface area (TPSA) is 103 Å². The van der Waals surface area contributed by atoms with Crippen molar-refractivity contribution in [3.8, 4) is 0 Å². The smallest absolute Gasteiger partial charge is 0.261 e. The van der Waals surface area contributed by atoms with Gasteiger partial charge in [-0.2, -0.15) is 0 Å². The first-order valence-corrected chi connectivity index (χ1v) is 11.6. The van der Waals surface area contributed by atoms with E-state index in [0.717, 1.165) is 38.2 Å². The standard InChI is InChI=1S/C21H29N5O3S/c1-4-16(3)24-21(27)19-13-17(14-23-20(19)26-11-9-22-10-12-26)25-30(28,29)18-7-5-15(2)6-8-18/h5-8,13-14,16,22,25H,4,9-12H2,1-3H3,(H,24,27)/t16-/m0/s1. The molecule has 8 nitrogen and oxygen atoms in total. The Hall–Kier alpha value is -2.65. The van der Waals surface area contributed by atoms with E-state index in [2.05, 4.69) is 20.3 Å². The van der Waals surface area contributed by atoms with E-state index in [1.807, 2.05) is 25.7 Å². The summed E-state index contributed by atoms with van der Waals surface area (Å²) >= 11 is 0. The molecule has 1 aromatic heterocycles. The summed E-state index contributed by atoms with van der Waals surface area (Å²) in [7, 11) is -3.78. The zero-order valence-electron chi connectivity index (χ0n) is 17.6. The van der Waals surface area contributed by atoms with Gasteiger partial charge in [-0.3, -0.25) is 9.52 Å². The zero-order valence-corrected chi connectivity index (χ0v) is 18.4. The second-order valence-electron chi connectivity index (χ2n) is 7.53. The van der Waals surface area contributed by atoms with Crippen LogP contribution in [0.5, 0.6) is 0 Å². The Morgan fingerprint density at radius 2 is 1.90 bits per heavy atom.